The van der Waals surface area contributed by atoms with Gasteiger partial charge in [-0.05, 0) is 43.5 Å². The van der Waals surface area contributed by atoms with Gasteiger partial charge in [-0.15, -0.1) is 0 Å². The fourth-order valence-electron chi connectivity index (χ4n) is 3.13. The molecule has 0 amide bonds. The molecule has 1 aromatic rings. The van der Waals surface area contributed by atoms with Gasteiger partial charge in [-0.1, -0.05) is 44.7 Å². The van der Waals surface area contributed by atoms with Crippen molar-refractivity contribution >= 4 is 5.69 Å². The molecule has 0 radical (unpaired) electrons. The lowest BCUT2D eigenvalue weighted by atomic mass is 10.1. The molecule has 1 aromatic carbocycles. The third-order valence-electron chi connectivity index (χ3n) is 4.43. The largest absolute Gasteiger partial charge is 0.371 e. The monoisotopic (exact) mass is 274 g/mol. The Kier molecular flexibility index (Phi) is 6.38. The second kappa shape index (κ2) is 8.31. The van der Waals surface area contributed by atoms with E-state index in [1.54, 1.807) is 0 Å². The number of rotatable bonds is 4. The molecule has 0 bridgehead atoms. The second-order valence-corrected chi connectivity index (χ2v) is 5.95. The molecule has 1 N–H and O–H groups in total. The Morgan fingerprint density at radius 1 is 1.00 bits per heavy atom. The van der Waals surface area contributed by atoms with Gasteiger partial charge in [0.25, 0.3) is 0 Å². The van der Waals surface area contributed by atoms with Crippen LogP contribution in [-0.2, 0) is 6.54 Å². The van der Waals surface area contributed by atoms with Gasteiger partial charge in [-0.25, -0.2) is 0 Å². The maximum atomic E-state index is 3.45. The van der Waals surface area contributed by atoms with Crippen LogP contribution in [0.1, 0.15) is 56.6 Å². The summed E-state index contributed by atoms with van der Waals surface area (Å²) in [7, 11) is 0. The molecule has 2 rings (SSSR count). The van der Waals surface area contributed by atoms with Crippen LogP contribution in [-0.4, -0.2) is 19.6 Å². The number of anilines is 1. The van der Waals surface area contributed by atoms with Crippen molar-refractivity contribution in [2.45, 2.75) is 58.9 Å². The predicted molar refractivity (Wildman–Crippen MR) is 88.5 cm³/mol. The standard InChI is InChI=1S/C18H30N2/c1-3-19-15-17-11-10-12-18(16(17)2)20-13-8-6-4-5-7-9-14-20/h10-12,19H,3-9,13-15H2,1-2H3. The molecule has 20 heavy (non-hydrogen) atoms. The molecule has 0 aromatic heterocycles. The van der Waals surface area contributed by atoms with E-state index in [-0.39, 0.29) is 0 Å². The van der Waals surface area contributed by atoms with Crippen LogP contribution < -0.4 is 10.2 Å². The van der Waals surface area contributed by atoms with Crippen LogP contribution in [0.15, 0.2) is 18.2 Å². The van der Waals surface area contributed by atoms with Gasteiger partial charge in [-0.2, -0.15) is 0 Å². The van der Waals surface area contributed by atoms with Crippen molar-refractivity contribution in [3.05, 3.63) is 29.3 Å². The summed E-state index contributed by atoms with van der Waals surface area (Å²) >= 11 is 0. The van der Waals surface area contributed by atoms with E-state index in [2.05, 4.69) is 42.3 Å². The van der Waals surface area contributed by atoms with Crippen LogP contribution in [0.25, 0.3) is 0 Å². The van der Waals surface area contributed by atoms with E-state index in [9.17, 15) is 0 Å². The minimum Gasteiger partial charge on any atom is -0.371 e. The molecule has 1 aliphatic rings. The molecule has 0 atom stereocenters. The summed E-state index contributed by atoms with van der Waals surface area (Å²) in [5.74, 6) is 0. The van der Waals surface area contributed by atoms with Crippen LogP contribution in [0.3, 0.4) is 0 Å². The quantitative estimate of drug-likeness (QED) is 0.882. The van der Waals surface area contributed by atoms with E-state index in [1.807, 2.05) is 0 Å². The van der Waals surface area contributed by atoms with Gasteiger partial charge < -0.3 is 10.2 Å². The van der Waals surface area contributed by atoms with Gasteiger partial charge in [0.2, 0.25) is 0 Å². The molecular formula is C18H30N2. The third kappa shape index (κ3) is 4.24. The first-order valence-corrected chi connectivity index (χ1v) is 8.37. The Labute approximate surface area is 124 Å². The van der Waals surface area contributed by atoms with Crippen molar-refractivity contribution < 1.29 is 0 Å². The van der Waals surface area contributed by atoms with E-state index in [4.69, 9.17) is 0 Å². The molecule has 1 aliphatic heterocycles. The first kappa shape index (κ1) is 15.4. The van der Waals surface area contributed by atoms with Gasteiger partial charge in [0, 0.05) is 25.3 Å². The lowest BCUT2D eigenvalue weighted by molar-refractivity contribution is 0.636. The highest BCUT2D eigenvalue weighted by atomic mass is 15.1. The van der Waals surface area contributed by atoms with Crippen LogP contribution in [0.5, 0.6) is 0 Å². The Morgan fingerprint density at radius 3 is 2.30 bits per heavy atom. The zero-order valence-electron chi connectivity index (χ0n) is 13.3. The fraction of sp³-hybridized carbons (Fsp3) is 0.667. The van der Waals surface area contributed by atoms with Gasteiger partial charge in [0.1, 0.15) is 0 Å². The molecule has 0 spiro atoms. The number of hydrogen-bond acceptors (Lipinski definition) is 2. The molecule has 0 aliphatic carbocycles. The summed E-state index contributed by atoms with van der Waals surface area (Å²) in [4.78, 5) is 2.62. The van der Waals surface area contributed by atoms with Crippen molar-refractivity contribution in [2.75, 3.05) is 24.5 Å². The molecule has 0 saturated carbocycles. The maximum Gasteiger partial charge on any atom is 0.0399 e. The molecule has 1 saturated heterocycles. The predicted octanol–water partition coefficient (Wildman–Crippen LogP) is 4.27. The van der Waals surface area contributed by atoms with E-state index in [0.717, 1.165) is 13.1 Å². The summed E-state index contributed by atoms with van der Waals surface area (Å²) in [6.45, 7) is 8.93. The van der Waals surface area contributed by atoms with E-state index in [0.29, 0.717) is 0 Å². The average molecular weight is 274 g/mol. The Bertz CT molecular complexity index is 390. The minimum absolute atomic E-state index is 0.990. The smallest absolute Gasteiger partial charge is 0.0399 e. The lowest BCUT2D eigenvalue weighted by Gasteiger charge is -2.27. The Balaban J connectivity index is 2.12. The van der Waals surface area contributed by atoms with Crippen LogP contribution in [0.2, 0.25) is 0 Å². The van der Waals surface area contributed by atoms with Crippen molar-refractivity contribution in [3.8, 4) is 0 Å². The van der Waals surface area contributed by atoms with Crippen LogP contribution in [0, 0.1) is 6.92 Å². The SMILES string of the molecule is CCNCc1cccc(N2CCCCCCCC2)c1C. The maximum absolute atomic E-state index is 3.45. The van der Waals surface area contributed by atoms with Crippen molar-refractivity contribution in [3.63, 3.8) is 0 Å². The van der Waals surface area contributed by atoms with Crippen molar-refractivity contribution in [1.82, 2.24) is 5.32 Å². The number of nitrogens with one attached hydrogen (secondary N) is 1. The topological polar surface area (TPSA) is 15.3 Å². The van der Waals surface area contributed by atoms with Gasteiger partial charge >= 0.3 is 0 Å². The average Bonchev–Trinajstić information content (AvgIpc) is 2.60. The molecule has 0 unspecified atom stereocenters. The highest BCUT2D eigenvalue weighted by molar-refractivity contribution is 5.56. The first-order chi connectivity index (χ1) is 9.83. The highest BCUT2D eigenvalue weighted by Gasteiger charge is 2.12. The summed E-state index contributed by atoms with van der Waals surface area (Å²) in [5, 5.41) is 3.45. The third-order valence-corrected chi connectivity index (χ3v) is 4.43. The minimum atomic E-state index is 0.990. The Hall–Kier alpha value is -1.02. The summed E-state index contributed by atoms with van der Waals surface area (Å²) in [6, 6.07) is 6.79. The summed E-state index contributed by atoms with van der Waals surface area (Å²) in [5.41, 5.74) is 4.37. The molecule has 1 heterocycles. The fourth-order valence-corrected chi connectivity index (χ4v) is 3.13. The number of hydrogen-bond donors (Lipinski definition) is 1. The molecule has 2 heteroatoms. The Morgan fingerprint density at radius 2 is 1.65 bits per heavy atom. The van der Waals surface area contributed by atoms with Crippen molar-refractivity contribution in [1.29, 1.82) is 0 Å². The van der Waals surface area contributed by atoms with Crippen LogP contribution >= 0.6 is 0 Å². The zero-order chi connectivity index (χ0) is 14.2. The zero-order valence-corrected chi connectivity index (χ0v) is 13.3. The normalized spacial score (nSPS) is 17.4. The molecular weight excluding hydrogens is 244 g/mol. The van der Waals surface area contributed by atoms with Gasteiger partial charge in [0.05, 0.1) is 0 Å². The van der Waals surface area contributed by atoms with E-state index in [1.165, 1.54) is 68.4 Å². The molecule has 2 nitrogen and oxygen atoms in total. The number of nitrogens with zero attached hydrogens (tertiary/aromatic N) is 1. The highest BCUT2D eigenvalue weighted by Crippen LogP contribution is 2.25. The van der Waals surface area contributed by atoms with Gasteiger partial charge in [0.15, 0.2) is 0 Å². The molecule has 112 valence electrons. The first-order valence-electron chi connectivity index (χ1n) is 8.37. The van der Waals surface area contributed by atoms with E-state index >= 15 is 0 Å². The lowest BCUT2D eigenvalue weighted by Crippen LogP contribution is -2.26. The van der Waals surface area contributed by atoms with E-state index < -0.39 is 0 Å². The summed E-state index contributed by atoms with van der Waals surface area (Å²) < 4.78 is 0. The van der Waals surface area contributed by atoms with Crippen LogP contribution in [0.4, 0.5) is 5.69 Å². The van der Waals surface area contributed by atoms with Crippen molar-refractivity contribution in [2.24, 2.45) is 0 Å². The van der Waals surface area contributed by atoms with Gasteiger partial charge in [-0.3, -0.25) is 0 Å². The summed E-state index contributed by atoms with van der Waals surface area (Å²) in [6.07, 6.45) is 8.33. The molecule has 1 fully saturated rings. The number of benzene rings is 1. The second-order valence-electron chi connectivity index (χ2n) is 5.95.